The topological polar surface area (TPSA) is 55.8 Å². The van der Waals surface area contributed by atoms with Crippen molar-refractivity contribution in [1.29, 1.82) is 0 Å². The van der Waals surface area contributed by atoms with Crippen LogP contribution in [0.2, 0.25) is 0 Å². The van der Waals surface area contributed by atoms with Gasteiger partial charge in [0.25, 0.3) is 0 Å². The molecule has 1 N–H and O–H groups in total. The van der Waals surface area contributed by atoms with Gasteiger partial charge in [-0.1, -0.05) is 59.2 Å². The molecule has 1 aromatic rings. The average molecular weight is 314 g/mol. The first kappa shape index (κ1) is 18.2. The SMILES string of the molecule is Cc1ccc(OP(=O)(OO)C(C(C)(C)C)C(C)(C)C)cc1. The van der Waals surface area contributed by atoms with E-state index in [9.17, 15) is 9.82 Å². The van der Waals surface area contributed by atoms with Crippen LogP contribution in [0.3, 0.4) is 0 Å². The molecule has 120 valence electrons. The van der Waals surface area contributed by atoms with E-state index in [1.807, 2.05) is 60.6 Å². The highest BCUT2D eigenvalue weighted by Crippen LogP contribution is 2.62. The Kier molecular flexibility index (Phi) is 5.31. The van der Waals surface area contributed by atoms with Gasteiger partial charge in [0, 0.05) is 0 Å². The Bertz CT molecular complexity index is 495. The monoisotopic (exact) mass is 314 g/mol. The molecule has 0 amide bonds. The van der Waals surface area contributed by atoms with Crippen molar-refractivity contribution in [3.05, 3.63) is 29.8 Å². The minimum absolute atomic E-state index is 0.360. The summed E-state index contributed by atoms with van der Waals surface area (Å²) in [6.45, 7) is 13.7. The summed E-state index contributed by atoms with van der Waals surface area (Å²) in [6.07, 6.45) is 0. The largest absolute Gasteiger partial charge is 0.423 e. The van der Waals surface area contributed by atoms with Gasteiger partial charge < -0.3 is 4.52 Å². The molecule has 0 aliphatic carbocycles. The highest BCUT2D eigenvalue weighted by atomic mass is 31.2. The fourth-order valence-electron chi connectivity index (χ4n) is 3.11. The summed E-state index contributed by atoms with van der Waals surface area (Å²) >= 11 is 0. The van der Waals surface area contributed by atoms with Crippen molar-refractivity contribution in [3.63, 3.8) is 0 Å². The quantitative estimate of drug-likeness (QED) is 0.452. The Morgan fingerprint density at radius 1 is 1.00 bits per heavy atom. The first-order valence-corrected chi connectivity index (χ1v) is 8.70. The van der Waals surface area contributed by atoms with Gasteiger partial charge in [0.05, 0.1) is 5.66 Å². The average Bonchev–Trinajstić information content (AvgIpc) is 2.28. The van der Waals surface area contributed by atoms with Crippen LogP contribution < -0.4 is 4.52 Å². The van der Waals surface area contributed by atoms with E-state index in [1.165, 1.54) is 0 Å². The Hall–Kier alpha value is -0.830. The predicted octanol–water partition coefficient (Wildman–Crippen LogP) is 5.52. The Labute approximate surface area is 127 Å². The zero-order chi connectivity index (χ0) is 16.5. The maximum atomic E-state index is 13.1. The molecule has 21 heavy (non-hydrogen) atoms. The zero-order valence-electron chi connectivity index (χ0n) is 14.0. The summed E-state index contributed by atoms with van der Waals surface area (Å²) in [5.74, 6) is 0.427. The second-order valence-corrected chi connectivity index (χ2v) is 9.60. The second-order valence-electron chi connectivity index (χ2n) is 7.66. The van der Waals surface area contributed by atoms with Crippen molar-refractivity contribution in [3.8, 4) is 5.75 Å². The lowest BCUT2D eigenvalue weighted by Gasteiger charge is -2.42. The summed E-state index contributed by atoms with van der Waals surface area (Å²) in [7, 11) is -3.73. The van der Waals surface area contributed by atoms with E-state index in [4.69, 9.17) is 4.52 Å². The van der Waals surface area contributed by atoms with Crippen LogP contribution in [0.15, 0.2) is 24.3 Å². The Balaban J connectivity index is 3.23. The highest BCUT2D eigenvalue weighted by molar-refractivity contribution is 7.55. The number of rotatable bonds is 4. The molecule has 5 heteroatoms. The van der Waals surface area contributed by atoms with E-state index in [1.54, 1.807) is 12.1 Å². The van der Waals surface area contributed by atoms with E-state index >= 15 is 0 Å². The lowest BCUT2D eigenvalue weighted by Crippen LogP contribution is -2.39. The predicted molar refractivity (Wildman–Crippen MR) is 85.8 cm³/mol. The summed E-state index contributed by atoms with van der Waals surface area (Å²) in [4.78, 5) is 0. The lowest BCUT2D eigenvalue weighted by atomic mass is 9.77. The molecule has 1 rings (SSSR count). The van der Waals surface area contributed by atoms with Crippen LogP contribution in [0.4, 0.5) is 0 Å². The van der Waals surface area contributed by atoms with Crippen LogP contribution in [-0.4, -0.2) is 10.9 Å². The van der Waals surface area contributed by atoms with Gasteiger partial charge in [-0.3, -0.25) is 0 Å². The maximum absolute atomic E-state index is 13.1. The number of hydrogen-bond acceptors (Lipinski definition) is 4. The van der Waals surface area contributed by atoms with E-state index in [2.05, 4.69) is 4.67 Å². The molecular weight excluding hydrogens is 287 g/mol. The van der Waals surface area contributed by atoms with E-state index in [0.29, 0.717) is 5.75 Å². The van der Waals surface area contributed by atoms with Gasteiger partial charge in [0.15, 0.2) is 0 Å². The van der Waals surface area contributed by atoms with Gasteiger partial charge in [-0.2, -0.15) is 0 Å². The normalized spacial score (nSPS) is 15.9. The van der Waals surface area contributed by atoms with Crippen molar-refractivity contribution in [2.75, 3.05) is 0 Å². The molecule has 0 saturated heterocycles. The first-order chi connectivity index (χ1) is 9.40. The summed E-state index contributed by atoms with van der Waals surface area (Å²) in [5, 5.41) is 9.31. The molecule has 0 bridgehead atoms. The van der Waals surface area contributed by atoms with Crippen LogP contribution in [0.5, 0.6) is 5.75 Å². The van der Waals surface area contributed by atoms with Crippen molar-refractivity contribution >= 4 is 7.60 Å². The molecular formula is C16H27O4P. The smallest absolute Gasteiger partial charge is 0.409 e. The van der Waals surface area contributed by atoms with Crippen LogP contribution in [0, 0.1) is 17.8 Å². The molecule has 4 nitrogen and oxygen atoms in total. The van der Waals surface area contributed by atoms with E-state index < -0.39 is 13.3 Å². The van der Waals surface area contributed by atoms with Gasteiger partial charge in [0.2, 0.25) is 0 Å². The van der Waals surface area contributed by atoms with Crippen LogP contribution >= 0.6 is 7.60 Å². The van der Waals surface area contributed by atoms with Crippen molar-refractivity contribution in [1.82, 2.24) is 0 Å². The Morgan fingerprint density at radius 2 is 1.43 bits per heavy atom. The van der Waals surface area contributed by atoms with Gasteiger partial charge >= 0.3 is 7.60 Å². The molecule has 0 radical (unpaired) electrons. The van der Waals surface area contributed by atoms with Gasteiger partial charge in [-0.15, -0.1) is 4.67 Å². The van der Waals surface area contributed by atoms with Crippen LogP contribution in [0.1, 0.15) is 47.1 Å². The van der Waals surface area contributed by atoms with Crippen molar-refractivity contribution in [2.24, 2.45) is 10.8 Å². The van der Waals surface area contributed by atoms with Crippen LogP contribution in [-0.2, 0) is 9.24 Å². The number of aryl methyl sites for hydroxylation is 1. The third kappa shape index (κ3) is 4.57. The zero-order valence-corrected chi connectivity index (χ0v) is 14.9. The van der Waals surface area contributed by atoms with E-state index in [0.717, 1.165) is 5.56 Å². The fraction of sp³-hybridized carbons (Fsp3) is 0.625. The van der Waals surface area contributed by atoms with Gasteiger partial charge in [0.1, 0.15) is 5.75 Å². The van der Waals surface area contributed by atoms with Gasteiger partial charge in [-0.05, 0) is 29.9 Å². The summed E-state index contributed by atoms with van der Waals surface area (Å²) < 4.78 is 23.2. The molecule has 0 fully saturated rings. The maximum Gasteiger partial charge on any atom is 0.409 e. The molecule has 1 unspecified atom stereocenters. The molecule has 0 aromatic heterocycles. The van der Waals surface area contributed by atoms with Crippen molar-refractivity contribution < 1.29 is 19.0 Å². The fourth-order valence-corrected chi connectivity index (χ4v) is 5.66. The number of hydrogen-bond donors (Lipinski definition) is 1. The second kappa shape index (κ2) is 6.12. The minimum atomic E-state index is -3.73. The molecule has 0 aliphatic rings. The first-order valence-electron chi connectivity index (χ1n) is 7.09. The molecule has 0 saturated carbocycles. The molecule has 1 aromatic carbocycles. The molecule has 0 heterocycles. The third-order valence-corrected chi connectivity index (χ3v) is 6.20. The van der Waals surface area contributed by atoms with Gasteiger partial charge in [-0.25, -0.2) is 9.82 Å². The molecule has 0 aliphatic heterocycles. The summed E-state index contributed by atoms with van der Waals surface area (Å²) in [6, 6.07) is 7.17. The highest BCUT2D eigenvalue weighted by Gasteiger charge is 2.51. The Morgan fingerprint density at radius 3 is 1.76 bits per heavy atom. The van der Waals surface area contributed by atoms with E-state index in [-0.39, 0.29) is 10.8 Å². The van der Waals surface area contributed by atoms with Crippen LogP contribution in [0.25, 0.3) is 0 Å². The lowest BCUT2D eigenvalue weighted by molar-refractivity contribution is -0.149. The standard InChI is InChI=1S/C16H27O4P/c1-12-8-10-13(11-9-12)19-21(18,20-17)14(15(2,3)4)16(5,6)7/h8-11,14,17H,1-7H3. The third-order valence-electron chi connectivity index (χ3n) is 3.32. The number of benzene rings is 1. The minimum Gasteiger partial charge on any atom is -0.423 e. The molecule has 0 spiro atoms. The van der Waals surface area contributed by atoms with Crippen molar-refractivity contribution in [2.45, 2.75) is 54.1 Å². The molecule has 1 atom stereocenters. The summed E-state index contributed by atoms with van der Waals surface area (Å²) in [5.41, 5.74) is -0.114.